The average Bonchev–Trinajstić information content (AvgIpc) is 2.96. The summed E-state index contributed by atoms with van der Waals surface area (Å²) in [6, 6.07) is 1.90. The van der Waals surface area contributed by atoms with Crippen LogP contribution in [0.4, 0.5) is 11.6 Å². The van der Waals surface area contributed by atoms with E-state index in [1.54, 1.807) is 18.4 Å². The second-order valence-corrected chi connectivity index (χ2v) is 4.97. The molecule has 20 heavy (non-hydrogen) atoms. The molecule has 2 aromatic rings. The molecule has 108 valence electrons. The third kappa shape index (κ3) is 4.43. The quantitative estimate of drug-likeness (QED) is 0.779. The Balaban J connectivity index is 2.06. The topological polar surface area (TPSA) is 72.0 Å². The van der Waals surface area contributed by atoms with Crippen LogP contribution < -0.4 is 10.6 Å². The van der Waals surface area contributed by atoms with E-state index in [0.717, 1.165) is 30.3 Å². The Labute approximate surface area is 122 Å². The van der Waals surface area contributed by atoms with Gasteiger partial charge in [-0.1, -0.05) is 6.92 Å². The highest BCUT2D eigenvalue weighted by Gasteiger charge is 2.05. The molecular formula is C13H19N5OS. The first-order chi connectivity index (χ1) is 9.81. The van der Waals surface area contributed by atoms with Gasteiger partial charge in [-0.3, -0.25) is 0 Å². The number of rotatable bonds is 8. The molecule has 0 aliphatic heterocycles. The number of nitrogens with zero attached hydrogens (tertiary/aromatic N) is 3. The van der Waals surface area contributed by atoms with Crippen molar-refractivity contribution in [1.82, 2.24) is 15.0 Å². The van der Waals surface area contributed by atoms with Gasteiger partial charge in [0.1, 0.15) is 18.2 Å². The van der Waals surface area contributed by atoms with E-state index in [9.17, 15) is 0 Å². The Morgan fingerprint density at radius 3 is 2.70 bits per heavy atom. The summed E-state index contributed by atoms with van der Waals surface area (Å²) in [6.45, 7) is 4.05. The largest absolute Gasteiger partial charge is 0.377 e. The summed E-state index contributed by atoms with van der Waals surface area (Å²) in [4.78, 5) is 13.1. The number of hydrogen-bond acceptors (Lipinski definition) is 7. The van der Waals surface area contributed by atoms with Crippen LogP contribution in [0.2, 0.25) is 0 Å². The molecule has 0 aliphatic carbocycles. The van der Waals surface area contributed by atoms with Crippen molar-refractivity contribution in [3.63, 3.8) is 0 Å². The van der Waals surface area contributed by atoms with Crippen molar-refractivity contribution in [1.29, 1.82) is 0 Å². The van der Waals surface area contributed by atoms with Crippen molar-refractivity contribution >= 4 is 23.0 Å². The van der Waals surface area contributed by atoms with Gasteiger partial charge in [0.25, 0.3) is 0 Å². The van der Waals surface area contributed by atoms with Gasteiger partial charge < -0.3 is 15.4 Å². The first-order valence-corrected chi connectivity index (χ1v) is 7.47. The molecule has 2 N–H and O–H groups in total. The molecule has 0 aliphatic rings. The Morgan fingerprint density at radius 1 is 1.25 bits per heavy atom. The second kappa shape index (κ2) is 7.76. The number of aromatic nitrogens is 3. The molecule has 0 amide bonds. The maximum Gasteiger partial charge on any atom is 0.158 e. The number of ether oxygens (including phenoxy) is 1. The lowest BCUT2D eigenvalue weighted by molar-refractivity contribution is 0.178. The summed E-state index contributed by atoms with van der Waals surface area (Å²) in [5.74, 6) is 2.25. The van der Waals surface area contributed by atoms with Crippen molar-refractivity contribution in [2.45, 2.75) is 26.5 Å². The van der Waals surface area contributed by atoms with Gasteiger partial charge in [0.15, 0.2) is 5.82 Å². The molecule has 0 saturated carbocycles. The van der Waals surface area contributed by atoms with Gasteiger partial charge in [-0.25, -0.2) is 15.0 Å². The van der Waals surface area contributed by atoms with Crippen molar-refractivity contribution in [2.75, 3.05) is 24.3 Å². The van der Waals surface area contributed by atoms with E-state index in [0.29, 0.717) is 19.0 Å². The lowest BCUT2D eigenvalue weighted by atomic mass is 10.4. The van der Waals surface area contributed by atoms with Crippen molar-refractivity contribution in [2.24, 2.45) is 0 Å². The molecule has 2 aromatic heterocycles. The normalized spacial score (nSPS) is 10.5. The molecule has 6 nitrogen and oxygen atoms in total. The SMILES string of the molecule is CCCNc1cc(NCc2cscn2)nc(COC)n1. The molecule has 7 heteroatoms. The highest BCUT2D eigenvalue weighted by atomic mass is 32.1. The van der Waals surface area contributed by atoms with Crippen LogP contribution in [0, 0.1) is 0 Å². The minimum absolute atomic E-state index is 0.396. The zero-order chi connectivity index (χ0) is 14.2. The van der Waals surface area contributed by atoms with E-state index in [4.69, 9.17) is 4.74 Å². The van der Waals surface area contributed by atoms with Gasteiger partial charge in [0.2, 0.25) is 0 Å². The van der Waals surface area contributed by atoms with Crippen LogP contribution in [0.5, 0.6) is 0 Å². The molecule has 0 atom stereocenters. The average molecular weight is 293 g/mol. The monoisotopic (exact) mass is 293 g/mol. The smallest absolute Gasteiger partial charge is 0.158 e. The van der Waals surface area contributed by atoms with Gasteiger partial charge in [-0.2, -0.15) is 0 Å². The van der Waals surface area contributed by atoms with Crippen molar-refractivity contribution in [3.8, 4) is 0 Å². The van der Waals surface area contributed by atoms with E-state index >= 15 is 0 Å². The Bertz CT molecular complexity index is 517. The molecule has 2 heterocycles. The number of methoxy groups -OCH3 is 1. The molecule has 0 saturated heterocycles. The fourth-order valence-electron chi connectivity index (χ4n) is 1.63. The summed E-state index contributed by atoms with van der Waals surface area (Å²) >= 11 is 1.58. The number of thiazole rings is 1. The standard InChI is InChI=1S/C13H19N5OS/c1-3-4-14-11-5-12(18-13(17-11)7-19-2)15-6-10-8-20-9-16-10/h5,8-9H,3-4,6-7H2,1-2H3,(H2,14,15,17,18). The lowest BCUT2D eigenvalue weighted by Gasteiger charge is -2.10. The predicted octanol–water partition coefficient (Wildman–Crippen LogP) is 2.51. The Kier molecular flexibility index (Phi) is 5.69. The van der Waals surface area contributed by atoms with Crippen molar-refractivity contribution in [3.05, 3.63) is 28.5 Å². The third-order valence-corrected chi connectivity index (χ3v) is 3.17. The van der Waals surface area contributed by atoms with E-state index in [-0.39, 0.29) is 0 Å². The molecule has 2 rings (SSSR count). The van der Waals surface area contributed by atoms with Crippen LogP contribution in [-0.4, -0.2) is 28.6 Å². The van der Waals surface area contributed by atoms with Crippen LogP contribution in [0.25, 0.3) is 0 Å². The highest BCUT2D eigenvalue weighted by molar-refractivity contribution is 7.07. The van der Waals surface area contributed by atoms with Gasteiger partial charge >= 0.3 is 0 Å². The van der Waals surface area contributed by atoms with E-state index in [1.165, 1.54) is 0 Å². The van der Waals surface area contributed by atoms with E-state index < -0.39 is 0 Å². The highest BCUT2D eigenvalue weighted by Crippen LogP contribution is 2.13. The molecule has 0 unspecified atom stereocenters. The zero-order valence-electron chi connectivity index (χ0n) is 11.7. The van der Waals surface area contributed by atoms with Gasteiger partial charge in [-0.15, -0.1) is 11.3 Å². The van der Waals surface area contributed by atoms with Gasteiger partial charge in [-0.05, 0) is 6.42 Å². The molecule has 0 radical (unpaired) electrons. The number of nitrogens with one attached hydrogen (secondary N) is 2. The molecule has 0 fully saturated rings. The Morgan fingerprint density at radius 2 is 2.05 bits per heavy atom. The van der Waals surface area contributed by atoms with Gasteiger partial charge in [0, 0.05) is 25.1 Å². The van der Waals surface area contributed by atoms with Crippen LogP contribution in [-0.2, 0) is 17.9 Å². The summed E-state index contributed by atoms with van der Waals surface area (Å²) in [5, 5.41) is 8.54. The fourth-order valence-corrected chi connectivity index (χ4v) is 2.19. The Hall–Kier alpha value is -1.73. The molecule has 0 aromatic carbocycles. The minimum atomic E-state index is 0.396. The maximum absolute atomic E-state index is 5.10. The molecule has 0 bridgehead atoms. The first kappa shape index (κ1) is 14.7. The summed E-state index contributed by atoms with van der Waals surface area (Å²) in [7, 11) is 1.64. The predicted molar refractivity (Wildman–Crippen MR) is 81.0 cm³/mol. The van der Waals surface area contributed by atoms with Gasteiger partial charge in [0.05, 0.1) is 17.7 Å². The van der Waals surface area contributed by atoms with Crippen LogP contribution in [0.15, 0.2) is 17.0 Å². The minimum Gasteiger partial charge on any atom is -0.377 e. The lowest BCUT2D eigenvalue weighted by Crippen LogP contribution is -2.09. The van der Waals surface area contributed by atoms with Crippen molar-refractivity contribution < 1.29 is 4.74 Å². The second-order valence-electron chi connectivity index (χ2n) is 4.25. The number of anilines is 2. The fraction of sp³-hybridized carbons (Fsp3) is 0.462. The third-order valence-electron chi connectivity index (χ3n) is 2.54. The van der Waals surface area contributed by atoms with E-state index in [1.807, 2.05) is 17.0 Å². The first-order valence-electron chi connectivity index (χ1n) is 6.53. The number of hydrogen-bond donors (Lipinski definition) is 2. The molecular weight excluding hydrogens is 274 g/mol. The summed E-state index contributed by atoms with van der Waals surface area (Å²) in [6.07, 6.45) is 1.05. The van der Waals surface area contributed by atoms with Crippen LogP contribution >= 0.6 is 11.3 Å². The zero-order valence-corrected chi connectivity index (χ0v) is 12.5. The van der Waals surface area contributed by atoms with Crippen LogP contribution in [0.1, 0.15) is 24.9 Å². The summed E-state index contributed by atoms with van der Waals surface area (Å²) in [5.41, 5.74) is 2.83. The van der Waals surface area contributed by atoms with Crippen LogP contribution in [0.3, 0.4) is 0 Å². The molecule has 0 spiro atoms. The maximum atomic E-state index is 5.10. The summed E-state index contributed by atoms with van der Waals surface area (Å²) < 4.78 is 5.10. The van der Waals surface area contributed by atoms with E-state index in [2.05, 4.69) is 32.5 Å².